The van der Waals surface area contributed by atoms with E-state index in [1.807, 2.05) is 46.0 Å². The van der Waals surface area contributed by atoms with Crippen LogP contribution in [0.1, 0.15) is 39.2 Å². The molecule has 1 atom stereocenters. The van der Waals surface area contributed by atoms with E-state index in [2.05, 4.69) is 4.99 Å². The van der Waals surface area contributed by atoms with Crippen LogP contribution < -0.4 is 9.47 Å². The third kappa shape index (κ3) is 4.98. The lowest BCUT2D eigenvalue weighted by atomic mass is 10.1. The highest BCUT2D eigenvalue weighted by atomic mass is 16.5. The van der Waals surface area contributed by atoms with Crippen molar-refractivity contribution in [1.29, 1.82) is 0 Å². The van der Waals surface area contributed by atoms with E-state index >= 15 is 0 Å². The van der Waals surface area contributed by atoms with E-state index in [9.17, 15) is 4.79 Å². The summed E-state index contributed by atoms with van der Waals surface area (Å²) in [6, 6.07) is 3.90. The van der Waals surface area contributed by atoms with Crippen LogP contribution in [0.5, 0.6) is 11.5 Å². The van der Waals surface area contributed by atoms with Crippen LogP contribution in [0.15, 0.2) is 17.1 Å². The smallest absolute Gasteiger partial charge is 0.210 e. The van der Waals surface area contributed by atoms with Gasteiger partial charge in [0, 0.05) is 18.8 Å². The van der Waals surface area contributed by atoms with Crippen molar-refractivity contribution in [3.63, 3.8) is 0 Å². The molecule has 0 aromatic heterocycles. The Hall–Kier alpha value is -2.04. The summed E-state index contributed by atoms with van der Waals surface area (Å²) in [6.45, 7) is 9.30. The van der Waals surface area contributed by atoms with Crippen molar-refractivity contribution in [2.45, 2.75) is 46.6 Å². The lowest BCUT2D eigenvalue weighted by Crippen LogP contribution is -2.28. The molecule has 128 valence electrons. The van der Waals surface area contributed by atoms with E-state index in [1.165, 1.54) is 0 Å². The van der Waals surface area contributed by atoms with Gasteiger partial charge in [-0.2, -0.15) is 0 Å². The Morgan fingerprint density at radius 1 is 1.35 bits per heavy atom. The van der Waals surface area contributed by atoms with Crippen LogP contribution in [0.3, 0.4) is 0 Å². The van der Waals surface area contributed by atoms with Crippen molar-refractivity contribution in [1.82, 2.24) is 4.90 Å². The van der Waals surface area contributed by atoms with Crippen molar-refractivity contribution in [2.75, 3.05) is 20.3 Å². The predicted octanol–water partition coefficient (Wildman–Crippen LogP) is 3.75. The van der Waals surface area contributed by atoms with Crippen LogP contribution in [0.2, 0.25) is 0 Å². The summed E-state index contributed by atoms with van der Waals surface area (Å²) in [5.41, 5.74) is 1.86. The maximum atomic E-state index is 10.9. The van der Waals surface area contributed by atoms with Gasteiger partial charge in [0.1, 0.15) is 0 Å². The molecule has 0 spiro atoms. The zero-order valence-electron chi connectivity index (χ0n) is 14.8. The summed E-state index contributed by atoms with van der Waals surface area (Å²) in [4.78, 5) is 17.3. The summed E-state index contributed by atoms with van der Waals surface area (Å²) in [7, 11) is 1.63. The van der Waals surface area contributed by atoms with Gasteiger partial charge in [0.05, 0.1) is 25.4 Å². The van der Waals surface area contributed by atoms with Gasteiger partial charge in [-0.05, 0) is 38.3 Å². The van der Waals surface area contributed by atoms with Crippen molar-refractivity contribution < 1.29 is 14.3 Å². The molecule has 23 heavy (non-hydrogen) atoms. The van der Waals surface area contributed by atoms with E-state index in [1.54, 1.807) is 12.0 Å². The molecule has 5 nitrogen and oxygen atoms in total. The number of nitrogens with zero attached hydrogens (tertiary/aromatic N) is 2. The summed E-state index contributed by atoms with van der Waals surface area (Å²) < 4.78 is 10.9. The van der Waals surface area contributed by atoms with Crippen molar-refractivity contribution in [3.05, 3.63) is 17.7 Å². The molecule has 0 bridgehead atoms. The average molecular weight is 320 g/mol. The van der Waals surface area contributed by atoms with Gasteiger partial charge in [-0.25, -0.2) is 0 Å². The Morgan fingerprint density at radius 2 is 2.09 bits per heavy atom. The number of carbonyl (C=O) groups is 1. The third-order valence-electron chi connectivity index (χ3n) is 3.65. The molecule has 0 radical (unpaired) electrons. The zero-order chi connectivity index (χ0) is 17.2. The number of ether oxygens (including phenoxy) is 2. The SMILES string of the molecule is CC.CCOc1cc(N=CC2CCCN2C=O)c(C)cc1OC. The number of aryl methyl sites for hydroxylation is 1. The second-order valence-corrected chi connectivity index (χ2v) is 5.05. The Bertz CT molecular complexity index is 529. The molecule has 0 aliphatic carbocycles. The highest BCUT2D eigenvalue weighted by Gasteiger charge is 2.21. The highest BCUT2D eigenvalue weighted by molar-refractivity contribution is 5.74. The molecule has 1 aliphatic heterocycles. The molecule has 5 heteroatoms. The molecular formula is C18H28N2O3. The van der Waals surface area contributed by atoms with Gasteiger partial charge >= 0.3 is 0 Å². The first kappa shape index (κ1) is 19.0. The first-order valence-corrected chi connectivity index (χ1v) is 8.26. The fourth-order valence-electron chi connectivity index (χ4n) is 2.49. The van der Waals surface area contributed by atoms with Crippen LogP contribution >= 0.6 is 0 Å². The lowest BCUT2D eigenvalue weighted by Gasteiger charge is -2.15. The van der Waals surface area contributed by atoms with Crippen LogP contribution in [-0.4, -0.2) is 43.8 Å². The molecule has 1 fully saturated rings. The molecular weight excluding hydrogens is 292 g/mol. The van der Waals surface area contributed by atoms with E-state index in [0.29, 0.717) is 18.1 Å². The first-order chi connectivity index (χ1) is 11.2. The van der Waals surface area contributed by atoms with Crippen molar-refractivity contribution in [2.24, 2.45) is 4.99 Å². The number of aliphatic imine (C=N–C) groups is 1. The first-order valence-electron chi connectivity index (χ1n) is 8.26. The minimum atomic E-state index is 0.0968. The maximum Gasteiger partial charge on any atom is 0.210 e. The lowest BCUT2D eigenvalue weighted by molar-refractivity contribution is -0.117. The molecule has 1 aromatic carbocycles. The quantitative estimate of drug-likeness (QED) is 0.592. The number of carbonyl (C=O) groups excluding carboxylic acids is 1. The van der Waals surface area contributed by atoms with Gasteiger partial charge in [-0.15, -0.1) is 0 Å². The summed E-state index contributed by atoms with van der Waals surface area (Å²) in [5.74, 6) is 1.40. The topological polar surface area (TPSA) is 51.1 Å². The normalized spacial score (nSPS) is 16.9. The standard InChI is InChI=1S/C16H22N2O3.C2H6/c1-4-21-16-9-14(12(2)8-15(16)20-3)17-10-13-6-5-7-18(13)11-19;1-2/h8-11,13H,4-7H2,1-3H3;1-2H3. The van der Waals surface area contributed by atoms with Gasteiger partial charge < -0.3 is 14.4 Å². The Kier molecular flexibility index (Phi) is 8.16. The van der Waals surface area contributed by atoms with Crippen molar-refractivity contribution in [3.8, 4) is 11.5 Å². The van der Waals surface area contributed by atoms with Gasteiger partial charge in [0.25, 0.3) is 0 Å². The highest BCUT2D eigenvalue weighted by Crippen LogP contribution is 2.34. The van der Waals surface area contributed by atoms with Crippen LogP contribution in [0, 0.1) is 6.92 Å². The van der Waals surface area contributed by atoms with Crippen LogP contribution in [-0.2, 0) is 4.79 Å². The van der Waals surface area contributed by atoms with Crippen LogP contribution in [0.4, 0.5) is 5.69 Å². The summed E-state index contributed by atoms with van der Waals surface area (Å²) >= 11 is 0. The van der Waals surface area contributed by atoms with Crippen LogP contribution in [0.25, 0.3) is 0 Å². The molecule has 1 saturated heterocycles. The molecule has 1 unspecified atom stereocenters. The number of hydrogen-bond donors (Lipinski definition) is 0. The molecule has 0 N–H and O–H groups in total. The third-order valence-corrected chi connectivity index (χ3v) is 3.65. The van der Waals surface area contributed by atoms with E-state index in [-0.39, 0.29) is 6.04 Å². The summed E-state index contributed by atoms with van der Waals surface area (Å²) in [6.07, 6.45) is 4.75. The molecule has 1 aliphatic rings. The van der Waals surface area contributed by atoms with E-state index < -0.39 is 0 Å². The second kappa shape index (κ2) is 9.87. The number of amides is 1. The largest absolute Gasteiger partial charge is 0.493 e. The fraction of sp³-hybridized carbons (Fsp3) is 0.556. The Labute approximate surface area is 139 Å². The fourth-order valence-corrected chi connectivity index (χ4v) is 2.49. The molecule has 1 aromatic rings. The Morgan fingerprint density at radius 3 is 2.70 bits per heavy atom. The average Bonchev–Trinajstić information content (AvgIpc) is 3.04. The Balaban J connectivity index is 0.00000127. The van der Waals surface area contributed by atoms with Gasteiger partial charge in [0.2, 0.25) is 6.41 Å². The van der Waals surface area contributed by atoms with Gasteiger partial charge in [-0.3, -0.25) is 9.79 Å². The molecule has 1 amide bonds. The maximum absolute atomic E-state index is 10.9. The van der Waals surface area contributed by atoms with E-state index in [0.717, 1.165) is 37.0 Å². The molecule has 2 rings (SSSR count). The minimum Gasteiger partial charge on any atom is -0.493 e. The zero-order valence-corrected chi connectivity index (χ0v) is 14.8. The number of methoxy groups -OCH3 is 1. The van der Waals surface area contributed by atoms with Gasteiger partial charge in [-0.1, -0.05) is 13.8 Å². The number of rotatable bonds is 6. The monoisotopic (exact) mass is 320 g/mol. The minimum absolute atomic E-state index is 0.0968. The number of benzene rings is 1. The molecule has 1 heterocycles. The summed E-state index contributed by atoms with van der Waals surface area (Å²) in [5, 5.41) is 0. The van der Waals surface area contributed by atoms with E-state index in [4.69, 9.17) is 9.47 Å². The van der Waals surface area contributed by atoms with Crippen molar-refractivity contribution >= 4 is 18.3 Å². The number of likely N-dealkylation sites (tertiary alicyclic amines) is 1. The number of hydrogen-bond acceptors (Lipinski definition) is 4. The van der Waals surface area contributed by atoms with Gasteiger partial charge in [0.15, 0.2) is 11.5 Å². The molecule has 0 saturated carbocycles. The second-order valence-electron chi connectivity index (χ2n) is 5.05. The predicted molar refractivity (Wildman–Crippen MR) is 94.2 cm³/mol.